The Morgan fingerprint density at radius 1 is 1.19 bits per heavy atom. The SMILES string of the molecule is O=C(CSCc1cccc(F)c1)Nc1cc(Cl)ccc1F. The van der Waals surface area contributed by atoms with Crippen LogP contribution in [0.3, 0.4) is 0 Å². The van der Waals surface area contributed by atoms with E-state index in [1.807, 2.05) is 0 Å². The largest absolute Gasteiger partial charge is 0.323 e. The van der Waals surface area contributed by atoms with E-state index in [0.717, 1.165) is 5.56 Å². The van der Waals surface area contributed by atoms with Crippen LogP contribution < -0.4 is 5.32 Å². The molecule has 2 rings (SSSR count). The number of nitrogens with one attached hydrogen (secondary N) is 1. The third-order valence-corrected chi connectivity index (χ3v) is 3.83. The quantitative estimate of drug-likeness (QED) is 0.876. The van der Waals surface area contributed by atoms with Crippen LogP contribution in [0.4, 0.5) is 14.5 Å². The lowest BCUT2D eigenvalue weighted by atomic mass is 10.2. The van der Waals surface area contributed by atoms with E-state index < -0.39 is 5.82 Å². The Morgan fingerprint density at radius 3 is 2.76 bits per heavy atom. The molecule has 0 aromatic heterocycles. The minimum absolute atomic E-state index is 0.0545. The van der Waals surface area contributed by atoms with Gasteiger partial charge in [-0.05, 0) is 35.9 Å². The van der Waals surface area contributed by atoms with Gasteiger partial charge in [-0.15, -0.1) is 11.8 Å². The molecule has 1 N–H and O–H groups in total. The molecule has 2 aromatic rings. The highest BCUT2D eigenvalue weighted by Crippen LogP contribution is 2.20. The molecule has 0 bridgehead atoms. The van der Waals surface area contributed by atoms with Crippen molar-refractivity contribution in [3.8, 4) is 0 Å². The van der Waals surface area contributed by atoms with Crippen LogP contribution in [0.15, 0.2) is 42.5 Å². The Kier molecular flexibility index (Phi) is 5.59. The van der Waals surface area contributed by atoms with E-state index in [-0.39, 0.29) is 23.2 Å². The lowest BCUT2D eigenvalue weighted by Crippen LogP contribution is -2.15. The summed E-state index contributed by atoms with van der Waals surface area (Å²) in [5.74, 6) is -0.537. The summed E-state index contributed by atoms with van der Waals surface area (Å²) in [6.45, 7) is 0. The summed E-state index contributed by atoms with van der Waals surface area (Å²) in [6, 6.07) is 10.1. The number of carbonyl (C=O) groups excluding carboxylic acids is 1. The average Bonchev–Trinajstić information content (AvgIpc) is 2.43. The van der Waals surface area contributed by atoms with Crippen LogP contribution in [0.25, 0.3) is 0 Å². The van der Waals surface area contributed by atoms with Gasteiger partial charge in [0.1, 0.15) is 11.6 Å². The first-order valence-electron chi connectivity index (χ1n) is 6.11. The van der Waals surface area contributed by atoms with Crippen molar-refractivity contribution in [1.82, 2.24) is 0 Å². The molecule has 0 radical (unpaired) electrons. The van der Waals surface area contributed by atoms with E-state index >= 15 is 0 Å². The predicted molar refractivity (Wildman–Crippen MR) is 82.6 cm³/mol. The molecule has 2 nitrogen and oxygen atoms in total. The van der Waals surface area contributed by atoms with Crippen LogP contribution in [0.2, 0.25) is 5.02 Å². The molecule has 0 saturated carbocycles. The lowest BCUT2D eigenvalue weighted by molar-refractivity contribution is -0.113. The van der Waals surface area contributed by atoms with Gasteiger partial charge in [0, 0.05) is 10.8 Å². The van der Waals surface area contributed by atoms with Crippen LogP contribution in [0.1, 0.15) is 5.56 Å². The van der Waals surface area contributed by atoms with Crippen molar-refractivity contribution in [3.63, 3.8) is 0 Å². The number of hydrogen-bond acceptors (Lipinski definition) is 2. The Balaban J connectivity index is 1.84. The smallest absolute Gasteiger partial charge is 0.234 e. The Bertz CT molecular complexity index is 651. The molecule has 110 valence electrons. The maximum Gasteiger partial charge on any atom is 0.234 e. The highest BCUT2D eigenvalue weighted by Gasteiger charge is 2.08. The molecule has 21 heavy (non-hydrogen) atoms. The monoisotopic (exact) mass is 327 g/mol. The number of benzene rings is 2. The zero-order valence-electron chi connectivity index (χ0n) is 10.9. The van der Waals surface area contributed by atoms with E-state index in [4.69, 9.17) is 11.6 Å². The summed E-state index contributed by atoms with van der Waals surface area (Å²) >= 11 is 7.06. The molecular weight excluding hydrogens is 316 g/mol. The number of rotatable bonds is 5. The van der Waals surface area contributed by atoms with E-state index in [9.17, 15) is 13.6 Å². The second-order valence-electron chi connectivity index (χ2n) is 4.30. The summed E-state index contributed by atoms with van der Waals surface area (Å²) in [5, 5.41) is 2.80. The molecular formula is C15H12ClF2NOS. The molecule has 0 aliphatic carbocycles. The first-order valence-corrected chi connectivity index (χ1v) is 7.65. The molecule has 2 aromatic carbocycles. The molecule has 0 atom stereocenters. The molecule has 0 heterocycles. The van der Waals surface area contributed by atoms with Crippen molar-refractivity contribution in [2.24, 2.45) is 0 Å². The van der Waals surface area contributed by atoms with Crippen LogP contribution in [-0.4, -0.2) is 11.7 Å². The number of hydrogen-bond donors (Lipinski definition) is 1. The number of carbonyl (C=O) groups is 1. The maximum atomic E-state index is 13.4. The summed E-state index contributed by atoms with van der Waals surface area (Å²) in [5.41, 5.74) is 0.848. The van der Waals surface area contributed by atoms with Gasteiger partial charge in [0.15, 0.2) is 0 Å². The fourth-order valence-corrected chi connectivity index (χ4v) is 2.61. The molecule has 1 amide bonds. The molecule has 0 spiro atoms. The van der Waals surface area contributed by atoms with Crippen molar-refractivity contribution in [2.45, 2.75) is 5.75 Å². The first kappa shape index (κ1) is 15.8. The van der Waals surface area contributed by atoms with Crippen molar-refractivity contribution in [2.75, 3.05) is 11.1 Å². The van der Waals surface area contributed by atoms with Gasteiger partial charge in [0.05, 0.1) is 11.4 Å². The van der Waals surface area contributed by atoms with Gasteiger partial charge < -0.3 is 5.32 Å². The van der Waals surface area contributed by atoms with Crippen molar-refractivity contribution < 1.29 is 13.6 Å². The van der Waals surface area contributed by atoms with Gasteiger partial charge in [-0.25, -0.2) is 8.78 Å². The van der Waals surface area contributed by atoms with Crippen molar-refractivity contribution in [3.05, 3.63) is 64.7 Å². The molecule has 0 saturated heterocycles. The van der Waals surface area contributed by atoms with Crippen LogP contribution in [-0.2, 0) is 10.5 Å². The Labute approximate surface area is 130 Å². The standard InChI is InChI=1S/C15H12ClF2NOS/c16-11-4-5-13(18)14(7-11)19-15(20)9-21-8-10-2-1-3-12(17)6-10/h1-7H,8-9H2,(H,19,20). The molecule has 0 fully saturated rings. The van der Waals surface area contributed by atoms with Crippen molar-refractivity contribution >= 4 is 35.0 Å². The maximum absolute atomic E-state index is 13.4. The molecule has 0 unspecified atom stereocenters. The zero-order valence-corrected chi connectivity index (χ0v) is 12.5. The van der Waals surface area contributed by atoms with Gasteiger partial charge in [0.25, 0.3) is 0 Å². The predicted octanol–water partition coefficient (Wildman–Crippen LogP) is 4.49. The van der Waals surface area contributed by atoms with E-state index in [1.54, 1.807) is 12.1 Å². The number of halogens is 3. The number of thioether (sulfide) groups is 1. The van der Waals surface area contributed by atoms with E-state index in [2.05, 4.69) is 5.32 Å². The van der Waals surface area contributed by atoms with Gasteiger partial charge >= 0.3 is 0 Å². The minimum atomic E-state index is -0.539. The number of anilines is 1. The Hall–Kier alpha value is -1.59. The molecule has 0 aliphatic heterocycles. The summed E-state index contributed by atoms with van der Waals surface area (Å²) < 4.78 is 26.4. The zero-order chi connectivity index (χ0) is 15.2. The molecule has 6 heteroatoms. The van der Waals surface area contributed by atoms with Crippen LogP contribution in [0.5, 0.6) is 0 Å². The second kappa shape index (κ2) is 7.43. The summed E-state index contributed by atoms with van der Waals surface area (Å²) in [7, 11) is 0. The van der Waals surface area contributed by atoms with Crippen LogP contribution >= 0.6 is 23.4 Å². The van der Waals surface area contributed by atoms with E-state index in [1.165, 1.54) is 42.1 Å². The first-order chi connectivity index (χ1) is 10.0. The minimum Gasteiger partial charge on any atom is -0.323 e. The average molecular weight is 328 g/mol. The van der Waals surface area contributed by atoms with Crippen molar-refractivity contribution in [1.29, 1.82) is 0 Å². The second-order valence-corrected chi connectivity index (χ2v) is 5.72. The molecule has 0 aliphatic rings. The topological polar surface area (TPSA) is 29.1 Å². The van der Waals surface area contributed by atoms with Gasteiger partial charge in [0.2, 0.25) is 5.91 Å². The number of amides is 1. The Morgan fingerprint density at radius 2 is 2.00 bits per heavy atom. The third-order valence-electron chi connectivity index (χ3n) is 2.59. The fraction of sp³-hybridized carbons (Fsp3) is 0.133. The fourth-order valence-electron chi connectivity index (χ4n) is 1.67. The van der Waals surface area contributed by atoms with E-state index in [0.29, 0.717) is 10.8 Å². The van der Waals surface area contributed by atoms with Gasteiger partial charge in [-0.1, -0.05) is 23.7 Å². The van der Waals surface area contributed by atoms with Gasteiger partial charge in [-0.3, -0.25) is 4.79 Å². The third kappa shape index (κ3) is 5.02. The van der Waals surface area contributed by atoms with Gasteiger partial charge in [-0.2, -0.15) is 0 Å². The summed E-state index contributed by atoms with van der Waals surface area (Å²) in [4.78, 5) is 11.7. The summed E-state index contributed by atoms with van der Waals surface area (Å²) in [6.07, 6.45) is 0. The van der Waals surface area contributed by atoms with Crippen LogP contribution in [0, 0.1) is 11.6 Å². The normalized spacial score (nSPS) is 10.4. The highest BCUT2D eigenvalue weighted by atomic mass is 35.5. The highest BCUT2D eigenvalue weighted by molar-refractivity contribution is 7.99. The lowest BCUT2D eigenvalue weighted by Gasteiger charge is -2.07.